The van der Waals surface area contributed by atoms with Crippen LogP contribution in [0.2, 0.25) is 0 Å². The second-order valence-electron chi connectivity index (χ2n) is 7.79. The second-order valence-corrected chi connectivity index (χ2v) is 7.79. The molecule has 0 spiro atoms. The number of hydrogen-bond donors (Lipinski definition) is 1. The van der Waals surface area contributed by atoms with Crippen LogP contribution in [0.3, 0.4) is 0 Å². The zero-order valence-corrected chi connectivity index (χ0v) is 18.4. The van der Waals surface area contributed by atoms with Crippen molar-refractivity contribution in [3.05, 3.63) is 65.2 Å². The molecule has 32 heavy (non-hydrogen) atoms. The molecule has 2 aliphatic rings. The number of carbonyl (C=O) groups is 2. The van der Waals surface area contributed by atoms with E-state index in [4.69, 9.17) is 9.47 Å². The number of likely N-dealkylation sites (N-methyl/N-ethyl adjacent to an activating group) is 1. The standard InChI is InChI=1S/C25H28N2O5/c1-3-26(4-2)12-13-27-22(17-8-6-5-7-9-17)21(24(29)25(27)30)23(28)18-10-11-19-20(16-18)32-15-14-31-19/h5-11,16,22,28H,3-4,12-15H2,1-2H3/t22-/m1/s1. The molecule has 168 valence electrons. The molecule has 1 atom stereocenters. The van der Waals surface area contributed by atoms with Crippen LogP contribution >= 0.6 is 0 Å². The van der Waals surface area contributed by atoms with E-state index in [1.54, 1.807) is 23.1 Å². The Kier molecular flexibility index (Phi) is 6.46. The lowest BCUT2D eigenvalue weighted by atomic mass is 9.95. The van der Waals surface area contributed by atoms with E-state index in [-0.39, 0.29) is 11.3 Å². The smallest absolute Gasteiger partial charge is 0.295 e. The number of carbonyl (C=O) groups excluding carboxylic acids is 2. The third-order valence-electron chi connectivity index (χ3n) is 6.02. The van der Waals surface area contributed by atoms with Crippen LogP contribution in [0, 0.1) is 0 Å². The normalized spacial score (nSPS) is 19.6. The van der Waals surface area contributed by atoms with Gasteiger partial charge in [-0.2, -0.15) is 0 Å². The average Bonchev–Trinajstić information content (AvgIpc) is 3.09. The monoisotopic (exact) mass is 436 g/mol. The SMILES string of the molecule is CCN(CC)CCN1C(=O)C(=O)C(=C(O)c2ccc3c(c2)OCCO3)[C@H]1c1ccccc1. The highest BCUT2D eigenvalue weighted by atomic mass is 16.6. The van der Waals surface area contributed by atoms with Crippen molar-refractivity contribution in [3.8, 4) is 11.5 Å². The van der Waals surface area contributed by atoms with Crippen molar-refractivity contribution >= 4 is 17.4 Å². The van der Waals surface area contributed by atoms with Crippen LogP contribution in [0.25, 0.3) is 5.76 Å². The molecule has 7 nitrogen and oxygen atoms in total. The Bertz CT molecular complexity index is 1030. The minimum Gasteiger partial charge on any atom is -0.507 e. The van der Waals surface area contributed by atoms with Gasteiger partial charge in [0.05, 0.1) is 11.6 Å². The van der Waals surface area contributed by atoms with Gasteiger partial charge in [0, 0.05) is 18.7 Å². The van der Waals surface area contributed by atoms with E-state index >= 15 is 0 Å². The Morgan fingerprint density at radius 1 is 1.03 bits per heavy atom. The first kappa shape index (κ1) is 21.9. The molecule has 2 heterocycles. The van der Waals surface area contributed by atoms with Crippen LogP contribution in [0.1, 0.15) is 31.0 Å². The van der Waals surface area contributed by atoms with Gasteiger partial charge in [-0.05, 0) is 36.9 Å². The molecule has 0 saturated carbocycles. The van der Waals surface area contributed by atoms with Gasteiger partial charge in [-0.3, -0.25) is 9.59 Å². The molecule has 2 aromatic rings. The number of ether oxygens (including phenoxy) is 2. The molecule has 2 aliphatic heterocycles. The van der Waals surface area contributed by atoms with Crippen molar-refractivity contribution in [2.75, 3.05) is 39.4 Å². The highest BCUT2D eigenvalue weighted by molar-refractivity contribution is 6.46. The summed E-state index contributed by atoms with van der Waals surface area (Å²) in [5, 5.41) is 11.2. The second kappa shape index (κ2) is 9.44. The Morgan fingerprint density at radius 3 is 2.41 bits per heavy atom. The van der Waals surface area contributed by atoms with Crippen LogP contribution in [0.5, 0.6) is 11.5 Å². The van der Waals surface area contributed by atoms with E-state index in [0.717, 1.165) is 18.7 Å². The van der Waals surface area contributed by atoms with Crippen molar-refractivity contribution < 1.29 is 24.2 Å². The summed E-state index contributed by atoms with van der Waals surface area (Å²) < 4.78 is 11.2. The van der Waals surface area contributed by atoms with Crippen LogP contribution < -0.4 is 9.47 Å². The average molecular weight is 437 g/mol. The van der Waals surface area contributed by atoms with Crippen LogP contribution in [0.15, 0.2) is 54.1 Å². The fourth-order valence-electron chi connectivity index (χ4n) is 4.23. The Hall–Kier alpha value is -3.32. The zero-order chi connectivity index (χ0) is 22.7. The minimum atomic E-state index is -0.675. The molecule has 7 heteroatoms. The summed E-state index contributed by atoms with van der Waals surface area (Å²) in [5.41, 5.74) is 1.29. The van der Waals surface area contributed by atoms with Crippen LogP contribution in [-0.2, 0) is 9.59 Å². The number of Topliss-reactive ketones (excluding diaryl/α,β-unsaturated/α-hetero) is 1. The number of likely N-dealkylation sites (tertiary alicyclic amines) is 1. The van der Waals surface area contributed by atoms with Crippen molar-refractivity contribution in [2.24, 2.45) is 0 Å². The molecule has 0 unspecified atom stereocenters. The van der Waals surface area contributed by atoms with Crippen molar-refractivity contribution in [2.45, 2.75) is 19.9 Å². The lowest BCUT2D eigenvalue weighted by Crippen LogP contribution is -2.38. The quantitative estimate of drug-likeness (QED) is 0.408. The maximum Gasteiger partial charge on any atom is 0.295 e. The fourth-order valence-corrected chi connectivity index (χ4v) is 4.23. The topological polar surface area (TPSA) is 79.3 Å². The number of aliphatic hydroxyl groups excluding tert-OH is 1. The Balaban J connectivity index is 1.76. The molecular formula is C25H28N2O5. The van der Waals surface area contributed by atoms with E-state index in [1.807, 2.05) is 30.3 Å². The van der Waals surface area contributed by atoms with E-state index < -0.39 is 17.7 Å². The number of nitrogens with zero attached hydrogens (tertiary/aromatic N) is 2. The van der Waals surface area contributed by atoms with Gasteiger partial charge in [0.25, 0.3) is 11.7 Å². The van der Waals surface area contributed by atoms with Crippen LogP contribution in [-0.4, -0.2) is 66.0 Å². The number of aliphatic hydroxyl groups is 1. The summed E-state index contributed by atoms with van der Waals surface area (Å²) in [4.78, 5) is 29.9. The highest BCUT2D eigenvalue weighted by Gasteiger charge is 2.46. The van der Waals surface area contributed by atoms with Gasteiger partial charge in [-0.25, -0.2) is 0 Å². The largest absolute Gasteiger partial charge is 0.507 e. The summed E-state index contributed by atoms with van der Waals surface area (Å²) in [5.74, 6) is -0.380. The molecule has 0 aliphatic carbocycles. The van der Waals surface area contributed by atoms with E-state index in [9.17, 15) is 14.7 Å². The summed E-state index contributed by atoms with van der Waals surface area (Å²) in [7, 11) is 0. The first-order valence-corrected chi connectivity index (χ1v) is 11.0. The summed E-state index contributed by atoms with van der Waals surface area (Å²) >= 11 is 0. The van der Waals surface area contributed by atoms with E-state index in [2.05, 4.69) is 18.7 Å². The van der Waals surface area contributed by atoms with Gasteiger partial charge in [0.15, 0.2) is 11.5 Å². The molecule has 0 bridgehead atoms. The Morgan fingerprint density at radius 2 is 1.72 bits per heavy atom. The maximum atomic E-state index is 13.1. The van der Waals surface area contributed by atoms with Crippen molar-refractivity contribution in [1.82, 2.24) is 9.80 Å². The predicted octanol–water partition coefficient (Wildman–Crippen LogP) is 3.22. The lowest BCUT2D eigenvalue weighted by molar-refractivity contribution is -0.140. The molecule has 4 rings (SSSR count). The number of benzene rings is 2. The minimum absolute atomic E-state index is 0.0948. The van der Waals surface area contributed by atoms with Gasteiger partial charge in [-0.1, -0.05) is 44.2 Å². The molecule has 1 saturated heterocycles. The highest BCUT2D eigenvalue weighted by Crippen LogP contribution is 2.40. The van der Waals surface area contributed by atoms with Crippen molar-refractivity contribution in [1.29, 1.82) is 0 Å². The van der Waals surface area contributed by atoms with Gasteiger partial charge < -0.3 is 24.4 Å². The van der Waals surface area contributed by atoms with Gasteiger partial charge in [0.1, 0.15) is 19.0 Å². The van der Waals surface area contributed by atoms with Crippen molar-refractivity contribution in [3.63, 3.8) is 0 Å². The van der Waals surface area contributed by atoms with Crippen LogP contribution in [0.4, 0.5) is 0 Å². The molecule has 2 aromatic carbocycles. The first-order valence-electron chi connectivity index (χ1n) is 11.0. The van der Waals surface area contributed by atoms with Gasteiger partial charge in [0.2, 0.25) is 0 Å². The third-order valence-corrected chi connectivity index (χ3v) is 6.02. The number of amides is 1. The predicted molar refractivity (Wildman–Crippen MR) is 121 cm³/mol. The maximum absolute atomic E-state index is 13.1. The van der Waals surface area contributed by atoms with Gasteiger partial charge in [-0.15, -0.1) is 0 Å². The molecular weight excluding hydrogens is 408 g/mol. The van der Waals surface area contributed by atoms with Gasteiger partial charge >= 0.3 is 0 Å². The molecule has 1 N–H and O–H groups in total. The van der Waals surface area contributed by atoms with E-state index in [0.29, 0.717) is 43.4 Å². The Labute approximate surface area is 187 Å². The number of hydrogen-bond acceptors (Lipinski definition) is 6. The third kappa shape index (κ3) is 4.08. The molecule has 0 aromatic heterocycles. The fraction of sp³-hybridized carbons (Fsp3) is 0.360. The first-order chi connectivity index (χ1) is 15.5. The summed E-state index contributed by atoms with van der Waals surface area (Å²) in [6.45, 7) is 7.75. The van der Waals surface area contributed by atoms with E-state index in [1.165, 1.54) is 0 Å². The number of ketones is 1. The zero-order valence-electron chi connectivity index (χ0n) is 18.4. The summed E-state index contributed by atoms with van der Waals surface area (Å²) in [6.07, 6.45) is 0. The lowest BCUT2D eigenvalue weighted by Gasteiger charge is -2.28. The summed E-state index contributed by atoms with van der Waals surface area (Å²) in [6, 6.07) is 13.7. The molecule has 1 amide bonds. The number of rotatable bonds is 7. The number of fused-ring (bicyclic) bond motifs is 1. The molecule has 1 fully saturated rings. The molecule has 0 radical (unpaired) electrons.